The summed E-state index contributed by atoms with van der Waals surface area (Å²) in [7, 11) is 0. The predicted octanol–water partition coefficient (Wildman–Crippen LogP) is 4.29. The summed E-state index contributed by atoms with van der Waals surface area (Å²) in [5, 5.41) is 0. The highest BCUT2D eigenvalue weighted by Gasteiger charge is 2.52. The van der Waals surface area contributed by atoms with Gasteiger partial charge in [0.2, 0.25) is 0 Å². The number of likely N-dealkylation sites (tertiary alicyclic amines) is 1. The average Bonchev–Trinajstić information content (AvgIpc) is 2.58. The van der Waals surface area contributed by atoms with Gasteiger partial charge in [-0.1, -0.05) is 49.6 Å². The summed E-state index contributed by atoms with van der Waals surface area (Å²) in [5.74, 6) is 0. The molecule has 120 valence electrons. The molecule has 2 heterocycles. The molecule has 0 bridgehead atoms. The minimum atomic E-state index is 0.498. The number of nitrogens with zero attached hydrogens (tertiary/aromatic N) is 3. The molecule has 4 rings (SSSR count). The summed E-state index contributed by atoms with van der Waals surface area (Å²) >= 11 is 0. The van der Waals surface area contributed by atoms with Gasteiger partial charge < -0.3 is 0 Å². The van der Waals surface area contributed by atoms with E-state index in [1.807, 2.05) is 19.3 Å². The molecule has 2 aromatic rings. The van der Waals surface area contributed by atoms with Gasteiger partial charge in [-0.25, -0.2) is 0 Å². The van der Waals surface area contributed by atoms with Crippen molar-refractivity contribution in [3.63, 3.8) is 0 Å². The molecule has 1 unspecified atom stereocenters. The molecule has 1 saturated heterocycles. The molecule has 1 saturated carbocycles. The van der Waals surface area contributed by atoms with Gasteiger partial charge in [-0.3, -0.25) is 14.9 Å². The number of rotatable bonds is 3. The lowest BCUT2D eigenvalue weighted by molar-refractivity contribution is -0.107. The fourth-order valence-electron chi connectivity index (χ4n) is 4.60. The van der Waals surface area contributed by atoms with Crippen LogP contribution in [-0.2, 0) is 6.54 Å². The second-order valence-corrected chi connectivity index (χ2v) is 7.29. The highest BCUT2D eigenvalue weighted by Crippen LogP contribution is 2.57. The molecule has 3 nitrogen and oxygen atoms in total. The molecule has 1 aromatic carbocycles. The number of aryl methyl sites for hydroxylation is 1. The molecule has 1 aliphatic carbocycles. The van der Waals surface area contributed by atoms with E-state index in [4.69, 9.17) is 0 Å². The van der Waals surface area contributed by atoms with Crippen LogP contribution in [0.1, 0.15) is 55.1 Å². The first-order chi connectivity index (χ1) is 11.3. The maximum atomic E-state index is 4.56. The molecule has 3 heteroatoms. The number of hydrogen-bond donors (Lipinski definition) is 0. The third-order valence-electron chi connectivity index (χ3n) is 5.63. The Labute approximate surface area is 138 Å². The van der Waals surface area contributed by atoms with Crippen molar-refractivity contribution < 1.29 is 0 Å². The van der Waals surface area contributed by atoms with Gasteiger partial charge in [-0.15, -0.1) is 0 Å². The van der Waals surface area contributed by atoms with E-state index in [1.54, 1.807) is 0 Å². The zero-order valence-corrected chi connectivity index (χ0v) is 13.9. The summed E-state index contributed by atoms with van der Waals surface area (Å²) < 4.78 is 0. The molecule has 0 N–H and O–H groups in total. The minimum absolute atomic E-state index is 0.498. The second kappa shape index (κ2) is 6.04. The Balaban J connectivity index is 1.58. The van der Waals surface area contributed by atoms with Crippen LogP contribution in [-0.4, -0.2) is 21.4 Å². The SMILES string of the molecule is Cc1cnc(CN2CC3(CCCCC3)C2c2ccccc2)cn1. The fraction of sp³-hybridized carbons (Fsp3) is 0.500. The number of hydrogen-bond acceptors (Lipinski definition) is 3. The van der Waals surface area contributed by atoms with E-state index in [9.17, 15) is 0 Å². The first kappa shape index (κ1) is 14.8. The quantitative estimate of drug-likeness (QED) is 0.847. The van der Waals surface area contributed by atoms with Gasteiger partial charge in [0.15, 0.2) is 0 Å². The average molecular weight is 307 g/mol. The molecule has 1 atom stereocenters. The summed E-state index contributed by atoms with van der Waals surface area (Å²) in [6.45, 7) is 4.11. The smallest absolute Gasteiger partial charge is 0.0727 e. The second-order valence-electron chi connectivity index (χ2n) is 7.29. The van der Waals surface area contributed by atoms with Gasteiger partial charge in [0.05, 0.1) is 11.4 Å². The largest absolute Gasteiger partial charge is 0.289 e. The Kier molecular flexibility index (Phi) is 3.90. The van der Waals surface area contributed by atoms with E-state index in [-0.39, 0.29) is 0 Å². The van der Waals surface area contributed by atoms with Crippen LogP contribution in [0.3, 0.4) is 0 Å². The van der Waals surface area contributed by atoms with Crippen molar-refractivity contribution in [1.29, 1.82) is 0 Å². The molecule has 0 amide bonds. The van der Waals surface area contributed by atoms with Gasteiger partial charge in [-0.2, -0.15) is 0 Å². The summed E-state index contributed by atoms with van der Waals surface area (Å²) in [5.41, 5.74) is 4.04. The van der Waals surface area contributed by atoms with Crippen molar-refractivity contribution >= 4 is 0 Å². The van der Waals surface area contributed by atoms with Crippen molar-refractivity contribution in [2.24, 2.45) is 5.41 Å². The van der Waals surface area contributed by atoms with Crippen LogP contribution in [0.2, 0.25) is 0 Å². The van der Waals surface area contributed by atoms with E-state index >= 15 is 0 Å². The zero-order chi connectivity index (χ0) is 15.7. The first-order valence-electron chi connectivity index (χ1n) is 8.83. The summed E-state index contributed by atoms with van der Waals surface area (Å²) in [6.07, 6.45) is 10.8. The van der Waals surface area contributed by atoms with Crippen LogP contribution in [0, 0.1) is 12.3 Å². The van der Waals surface area contributed by atoms with Crippen LogP contribution >= 0.6 is 0 Å². The Hall–Kier alpha value is -1.74. The monoisotopic (exact) mass is 307 g/mol. The topological polar surface area (TPSA) is 29.0 Å². The van der Waals surface area contributed by atoms with E-state index in [0.29, 0.717) is 11.5 Å². The minimum Gasteiger partial charge on any atom is -0.289 e. The van der Waals surface area contributed by atoms with Crippen LogP contribution in [0.4, 0.5) is 0 Å². The number of benzene rings is 1. The van der Waals surface area contributed by atoms with E-state index in [0.717, 1.165) is 17.9 Å². The highest BCUT2D eigenvalue weighted by molar-refractivity contribution is 5.26. The molecule has 2 aliphatic rings. The summed E-state index contributed by atoms with van der Waals surface area (Å²) in [6, 6.07) is 11.6. The van der Waals surface area contributed by atoms with Crippen LogP contribution in [0.15, 0.2) is 42.7 Å². The Bertz CT molecular complexity index is 644. The van der Waals surface area contributed by atoms with Gasteiger partial charge in [0.25, 0.3) is 0 Å². The van der Waals surface area contributed by atoms with Gasteiger partial charge in [0, 0.05) is 36.9 Å². The van der Waals surface area contributed by atoms with Gasteiger partial charge >= 0.3 is 0 Å². The highest BCUT2D eigenvalue weighted by atomic mass is 15.3. The van der Waals surface area contributed by atoms with Crippen LogP contribution < -0.4 is 0 Å². The van der Waals surface area contributed by atoms with Crippen molar-refractivity contribution in [1.82, 2.24) is 14.9 Å². The van der Waals surface area contributed by atoms with Crippen LogP contribution in [0.25, 0.3) is 0 Å². The maximum absolute atomic E-state index is 4.56. The maximum Gasteiger partial charge on any atom is 0.0727 e. The lowest BCUT2D eigenvalue weighted by Crippen LogP contribution is -2.58. The Morgan fingerprint density at radius 2 is 1.83 bits per heavy atom. The van der Waals surface area contributed by atoms with Crippen molar-refractivity contribution in [2.75, 3.05) is 6.54 Å². The number of aromatic nitrogens is 2. The third-order valence-corrected chi connectivity index (χ3v) is 5.63. The first-order valence-corrected chi connectivity index (χ1v) is 8.83. The van der Waals surface area contributed by atoms with E-state index in [2.05, 4.69) is 45.2 Å². The third kappa shape index (κ3) is 2.78. The van der Waals surface area contributed by atoms with Gasteiger partial charge in [0.1, 0.15) is 0 Å². The predicted molar refractivity (Wildman–Crippen MR) is 91.9 cm³/mol. The van der Waals surface area contributed by atoms with Crippen molar-refractivity contribution in [3.05, 3.63) is 59.7 Å². The molecular weight excluding hydrogens is 282 g/mol. The molecule has 23 heavy (non-hydrogen) atoms. The van der Waals surface area contributed by atoms with Crippen LogP contribution in [0.5, 0.6) is 0 Å². The van der Waals surface area contributed by atoms with E-state index in [1.165, 1.54) is 44.2 Å². The Morgan fingerprint density at radius 3 is 2.52 bits per heavy atom. The van der Waals surface area contributed by atoms with Crippen molar-refractivity contribution in [3.8, 4) is 0 Å². The lowest BCUT2D eigenvalue weighted by Gasteiger charge is -2.60. The molecule has 2 fully saturated rings. The molecule has 1 aromatic heterocycles. The Morgan fingerprint density at radius 1 is 1.04 bits per heavy atom. The van der Waals surface area contributed by atoms with Gasteiger partial charge in [-0.05, 0) is 25.3 Å². The fourth-order valence-corrected chi connectivity index (χ4v) is 4.60. The molecule has 0 radical (unpaired) electrons. The standard InChI is InChI=1S/C20H25N3/c1-16-12-22-18(13-21-16)14-23-15-20(10-6-3-7-11-20)19(23)17-8-4-2-5-9-17/h2,4-5,8-9,12-13,19H,3,6-7,10-11,14-15H2,1H3. The molecule has 1 aliphatic heterocycles. The zero-order valence-electron chi connectivity index (χ0n) is 13.9. The normalized spacial score (nSPS) is 23.6. The molecular formula is C20H25N3. The summed E-state index contributed by atoms with van der Waals surface area (Å²) in [4.78, 5) is 11.6. The lowest BCUT2D eigenvalue weighted by atomic mass is 9.61. The molecule has 1 spiro atoms. The van der Waals surface area contributed by atoms with E-state index < -0.39 is 0 Å². The van der Waals surface area contributed by atoms with Crippen molar-refractivity contribution in [2.45, 2.75) is 51.6 Å².